The summed E-state index contributed by atoms with van der Waals surface area (Å²) < 4.78 is 10.5. The third-order valence-electron chi connectivity index (χ3n) is 4.12. The molecule has 3 rings (SSSR count). The van der Waals surface area contributed by atoms with Crippen molar-refractivity contribution in [1.29, 1.82) is 0 Å². The molecule has 0 atom stereocenters. The van der Waals surface area contributed by atoms with E-state index in [1.54, 1.807) is 25.3 Å². The molecule has 10 heteroatoms. The standard InChI is InChI=1S/C20H16N2O6S2/c1-27-16-8-4-13(5-9-16)10-17-19(24)21(20(29)30-17)11-18(23)28-12-14-2-6-15(7-3-14)22(25)26/h2-10H,11-12H2,1H3/b17-10-. The van der Waals surface area contributed by atoms with Crippen molar-refractivity contribution in [3.05, 3.63) is 74.7 Å². The van der Waals surface area contributed by atoms with Gasteiger partial charge in [0, 0.05) is 12.1 Å². The summed E-state index contributed by atoms with van der Waals surface area (Å²) in [5.74, 6) is -0.293. The minimum atomic E-state index is -0.629. The lowest BCUT2D eigenvalue weighted by Gasteiger charge is -2.13. The number of carbonyl (C=O) groups is 2. The van der Waals surface area contributed by atoms with Crippen molar-refractivity contribution in [2.24, 2.45) is 0 Å². The quantitative estimate of drug-likeness (QED) is 0.210. The molecule has 1 amide bonds. The largest absolute Gasteiger partial charge is 0.497 e. The van der Waals surface area contributed by atoms with Crippen LogP contribution in [0.5, 0.6) is 5.75 Å². The predicted octanol–water partition coefficient (Wildman–Crippen LogP) is 3.55. The molecule has 30 heavy (non-hydrogen) atoms. The van der Waals surface area contributed by atoms with Crippen molar-refractivity contribution in [1.82, 2.24) is 4.90 Å². The van der Waals surface area contributed by atoms with Crippen LogP contribution in [0.1, 0.15) is 11.1 Å². The number of methoxy groups -OCH3 is 1. The van der Waals surface area contributed by atoms with Gasteiger partial charge in [0.2, 0.25) is 0 Å². The van der Waals surface area contributed by atoms with E-state index >= 15 is 0 Å². The number of benzene rings is 2. The number of amides is 1. The molecule has 0 aliphatic carbocycles. The average Bonchev–Trinajstić information content (AvgIpc) is 3.00. The number of esters is 1. The van der Waals surface area contributed by atoms with Gasteiger partial charge >= 0.3 is 5.97 Å². The Morgan fingerprint density at radius 1 is 1.20 bits per heavy atom. The minimum absolute atomic E-state index is 0.0497. The van der Waals surface area contributed by atoms with E-state index in [4.69, 9.17) is 21.7 Å². The molecule has 154 valence electrons. The summed E-state index contributed by atoms with van der Waals surface area (Å²) in [5, 5.41) is 10.7. The van der Waals surface area contributed by atoms with Crippen LogP contribution in [0.15, 0.2) is 53.4 Å². The Morgan fingerprint density at radius 3 is 2.47 bits per heavy atom. The number of nitrogens with zero attached hydrogens (tertiary/aromatic N) is 2. The molecule has 0 bridgehead atoms. The molecule has 1 saturated heterocycles. The molecule has 2 aromatic rings. The van der Waals surface area contributed by atoms with Crippen molar-refractivity contribution in [2.45, 2.75) is 6.61 Å². The number of nitro benzene ring substituents is 1. The Kier molecular flexibility index (Phi) is 6.80. The molecule has 0 N–H and O–H groups in total. The van der Waals surface area contributed by atoms with Gasteiger partial charge in [-0.2, -0.15) is 0 Å². The van der Waals surface area contributed by atoms with Crippen molar-refractivity contribution >= 4 is 51.9 Å². The smallest absolute Gasteiger partial charge is 0.326 e. The summed E-state index contributed by atoms with van der Waals surface area (Å²) in [4.78, 5) is 36.5. The fourth-order valence-corrected chi connectivity index (χ4v) is 3.80. The minimum Gasteiger partial charge on any atom is -0.497 e. The van der Waals surface area contributed by atoms with E-state index in [-0.39, 0.29) is 29.1 Å². The van der Waals surface area contributed by atoms with Crippen LogP contribution in [-0.2, 0) is 20.9 Å². The Labute approximate surface area is 181 Å². The van der Waals surface area contributed by atoms with Crippen molar-refractivity contribution in [3.8, 4) is 5.75 Å². The van der Waals surface area contributed by atoms with E-state index < -0.39 is 10.9 Å². The van der Waals surface area contributed by atoms with Gasteiger partial charge in [-0.3, -0.25) is 24.6 Å². The average molecular weight is 444 g/mol. The molecule has 1 fully saturated rings. The molecule has 1 aliphatic heterocycles. The normalized spacial score (nSPS) is 14.8. The fourth-order valence-electron chi connectivity index (χ4n) is 2.54. The van der Waals surface area contributed by atoms with Gasteiger partial charge in [0.15, 0.2) is 0 Å². The molecule has 0 spiro atoms. The van der Waals surface area contributed by atoms with Gasteiger partial charge < -0.3 is 9.47 Å². The van der Waals surface area contributed by atoms with Crippen molar-refractivity contribution in [2.75, 3.05) is 13.7 Å². The molecule has 0 unspecified atom stereocenters. The Morgan fingerprint density at radius 2 is 1.87 bits per heavy atom. The maximum absolute atomic E-state index is 12.6. The van der Waals surface area contributed by atoms with Gasteiger partial charge in [0.05, 0.1) is 16.9 Å². The topological polar surface area (TPSA) is 99.0 Å². The highest BCUT2D eigenvalue weighted by atomic mass is 32.2. The third kappa shape index (κ3) is 5.22. The highest BCUT2D eigenvalue weighted by molar-refractivity contribution is 8.26. The zero-order valence-electron chi connectivity index (χ0n) is 15.8. The summed E-state index contributed by atoms with van der Waals surface area (Å²) in [5.41, 5.74) is 1.35. The number of non-ortho nitro benzene ring substituents is 1. The molecule has 8 nitrogen and oxygen atoms in total. The van der Waals surface area contributed by atoms with Gasteiger partial charge in [0.25, 0.3) is 11.6 Å². The SMILES string of the molecule is COc1ccc(/C=C2\SC(=S)N(CC(=O)OCc3ccc([N+](=O)[O-])cc3)C2=O)cc1. The number of hydrogen-bond acceptors (Lipinski definition) is 8. The van der Waals surface area contributed by atoms with E-state index in [0.29, 0.717) is 16.2 Å². The number of carbonyl (C=O) groups excluding carboxylic acids is 2. The second kappa shape index (κ2) is 9.51. The van der Waals surface area contributed by atoms with Gasteiger partial charge in [0.1, 0.15) is 23.2 Å². The third-order valence-corrected chi connectivity index (χ3v) is 5.50. The van der Waals surface area contributed by atoms with Gasteiger partial charge in [-0.25, -0.2) is 0 Å². The van der Waals surface area contributed by atoms with Crippen LogP contribution < -0.4 is 4.74 Å². The zero-order chi connectivity index (χ0) is 21.7. The number of thiocarbonyl (C=S) groups is 1. The summed E-state index contributed by atoms with van der Waals surface area (Å²) in [6, 6.07) is 12.8. The first-order valence-corrected chi connectivity index (χ1v) is 9.88. The molecule has 0 radical (unpaired) electrons. The zero-order valence-corrected chi connectivity index (χ0v) is 17.4. The predicted molar refractivity (Wildman–Crippen MR) is 116 cm³/mol. The van der Waals surface area contributed by atoms with E-state index in [2.05, 4.69) is 0 Å². The first kappa shape index (κ1) is 21.5. The van der Waals surface area contributed by atoms with Gasteiger partial charge in [-0.15, -0.1) is 0 Å². The lowest BCUT2D eigenvalue weighted by Crippen LogP contribution is -2.34. The number of ether oxygens (including phenoxy) is 2. The number of rotatable bonds is 7. The Hall–Kier alpha value is -3.24. The van der Waals surface area contributed by atoms with E-state index in [1.807, 2.05) is 12.1 Å². The highest BCUT2D eigenvalue weighted by Crippen LogP contribution is 2.32. The molecular formula is C20H16N2O6S2. The summed E-state index contributed by atoms with van der Waals surface area (Å²) in [6.07, 6.45) is 1.70. The van der Waals surface area contributed by atoms with Crippen LogP contribution in [0, 0.1) is 10.1 Å². The van der Waals surface area contributed by atoms with Crippen molar-refractivity contribution < 1.29 is 24.0 Å². The highest BCUT2D eigenvalue weighted by Gasteiger charge is 2.33. The van der Waals surface area contributed by atoms with E-state index in [0.717, 1.165) is 17.3 Å². The van der Waals surface area contributed by atoms with Crippen LogP contribution in [0.3, 0.4) is 0 Å². The summed E-state index contributed by atoms with van der Waals surface area (Å²) in [6.45, 7) is -0.370. The monoisotopic (exact) mass is 444 g/mol. The van der Waals surface area contributed by atoms with Crippen LogP contribution in [0.25, 0.3) is 6.08 Å². The van der Waals surface area contributed by atoms with Crippen LogP contribution in [-0.4, -0.2) is 39.7 Å². The van der Waals surface area contributed by atoms with Crippen LogP contribution in [0.4, 0.5) is 5.69 Å². The number of hydrogen-bond donors (Lipinski definition) is 0. The van der Waals surface area contributed by atoms with E-state index in [1.165, 1.54) is 29.2 Å². The maximum atomic E-state index is 12.6. The summed E-state index contributed by atoms with van der Waals surface area (Å²) in [7, 11) is 1.57. The van der Waals surface area contributed by atoms with Crippen LogP contribution >= 0.6 is 24.0 Å². The maximum Gasteiger partial charge on any atom is 0.326 e. The first-order valence-electron chi connectivity index (χ1n) is 8.66. The second-order valence-electron chi connectivity index (χ2n) is 6.13. The molecule has 1 aliphatic rings. The molecule has 2 aromatic carbocycles. The second-order valence-corrected chi connectivity index (χ2v) is 7.80. The molecule has 1 heterocycles. The van der Waals surface area contributed by atoms with Gasteiger partial charge in [-0.1, -0.05) is 36.1 Å². The van der Waals surface area contributed by atoms with Crippen molar-refractivity contribution in [3.63, 3.8) is 0 Å². The fraction of sp³-hybridized carbons (Fsp3) is 0.150. The molecular weight excluding hydrogens is 428 g/mol. The van der Waals surface area contributed by atoms with Gasteiger partial charge in [-0.05, 0) is 41.5 Å². The molecule has 0 aromatic heterocycles. The number of nitro groups is 1. The summed E-state index contributed by atoms with van der Waals surface area (Å²) >= 11 is 6.33. The Balaban J connectivity index is 1.58. The van der Waals surface area contributed by atoms with E-state index in [9.17, 15) is 19.7 Å². The molecule has 0 saturated carbocycles. The first-order chi connectivity index (χ1) is 14.4. The lowest BCUT2D eigenvalue weighted by atomic mass is 10.2. The lowest BCUT2D eigenvalue weighted by molar-refractivity contribution is -0.384. The number of thioether (sulfide) groups is 1. The Bertz CT molecular complexity index is 1020. The van der Waals surface area contributed by atoms with Crippen LogP contribution in [0.2, 0.25) is 0 Å².